The monoisotopic (exact) mass is 306 g/mol. The van der Waals surface area contributed by atoms with E-state index in [1.807, 2.05) is 0 Å². The van der Waals surface area contributed by atoms with Gasteiger partial charge in [-0.05, 0) is 36.8 Å². The number of halogens is 2. The molecule has 2 aromatic carbocycles. The summed E-state index contributed by atoms with van der Waals surface area (Å²) in [5.74, 6) is -2.76. The minimum Gasteiger partial charge on any atom is -0.508 e. The number of rotatable bonds is 5. The van der Waals surface area contributed by atoms with Crippen molar-refractivity contribution >= 4 is 5.97 Å². The zero-order valence-electron chi connectivity index (χ0n) is 12.1. The molecule has 0 aromatic heterocycles. The maximum absolute atomic E-state index is 14.1. The molecule has 3 nitrogen and oxygen atoms in total. The van der Waals surface area contributed by atoms with Gasteiger partial charge in [0.1, 0.15) is 17.4 Å². The highest BCUT2D eigenvalue weighted by atomic mass is 19.1. The lowest BCUT2D eigenvalue weighted by Crippen LogP contribution is -2.14. The number of hydrogen-bond donors (Lipinski definition) is 1. The van der Waals surface area contributed by atoms with Crippen molar-refractivity contribution < 1.29 is 23.4 Å². The van der Waals surface area contributed by atoms with Crippen LogP contribution in [-0.4, -0.2) is 17.7 Å². The highest BCUT2D eigenvalue weighted by molar-refractivity contribution is 5.71. The van der Waals surface area contributed by atoms with Crippen LogP contribution in [-0.2, 0) is 9.53 Å². The molecule has 1 N–H and O–H groups in total. The highest BCUT2D eigenvalue weighted by Crippen LogP contribution is 2.33. The van der Waals surface area contributed by atoms with E-state index in [1.165, 1.54) is 30.3 Å². The maximum Gasteiger partial charge on any atom is 0.306 e. The van der Waals surface area contributed by atoms with E-state index in [4.69, 9.17) is 4.74 Å². The van der Waals surface area contributed by atoms with Crippen LogP contribution in [0.1, 0.15) is 30.4 Å². The number of benzene rings is 2. The average molecular weight is 306 g/mol. The first-order valence-corrected chi connectivity index (χ1v) is 6.91. The Bertz CT molecular complexity index is 633. The van der Waals surface area contributed by atoms with Crippen LogP contribution >= 0.6 is 0 Å². The van der Waals surface area contributed by atoms with Crippen LogP contribution in [0.4, 0.5) is 8.78 Å². The van der Waals surface area contributed by atoms with Gasteiger partial charge in [-0.25, -0.2) is 8.78 Å². The molecule has 2 aromatic rings. The molecule has 1 atom stereocenters. The predicted molar refractivity (Wildman–Crippen MR) is 77.6 cm³/mol. The van der Waals surface area contributed by atoms with Crippen molar-refractivity contribution in [2.75, 3.05) is 6.61 Å². The fraction of sp³-hybridized carbons (Fsp3) is 0.235. The van der Waals surface area contributed by atoms with E-state index in [0.717, 1.165) is 12.1 Å². The van der Waals surface area contributed by atoms with Crippen molar-refractivity contribution in [3.63, 3.8) is 0 Å². The maximum atomic E-state index is 14.1. The number of phenolic OH excluding ortho intramolecular Hbond substituents is 1. The highest BCUT2D eigenvalue weighted by Gasteiger charge is 2.25. The van der Waals surface area contributed by atoms with Crippen LogP contribution in [0.15, 0.2) is 42.5 Å². The van der Waals surface area contributed by atoms with Crippen molar-refractivity contribution in [3.8, 4) is 5.75 Å². The van der Waals surface area contributed by atoms with Gasteiger partial charge in [-0.1, -0.05) is 18.2 Å². The number of esters is 1. The van der Waals surface area contributed by atoms with Gasteiger partial charge in [-0.2, -0.15) is 0 Å². The molecular formula is C17H16F2O3. The minimum absolute atomic E-state index is 0.0349. The Kier molecular flexibility index (Phi) is 5.09. The van der Waals surface area contributed by atoms with E-state index in [1.54, 1.807) is 6.92 Å². The Balaban J connectivity index is 2.45. The van der Waals surface area contributed by atoms with Gasteiger partial charge >= 0.3 is 5.97 Å². The van der Waals surface area contributed by atoms with Crippen LogP contribution in [0.25, 0.3) is 0 Å². The molecule has 0 saturated heterocycles. The van der Waals surface area contributed by atoms with Gasteiger partial charge in [0.15, 0.2) is 0 Å². The second-order valence-corrected chi connectivity index (χ2v) is 4.79. The lowest BCUT2D eigenvalue weighted by Gasteiger charge is -2.18. The Morgan fingerprint density at radius 3 is 2.27 bits per heavy atom. The Hall–Kier alpha value is -2.43. The van der Waals surface area contributed by atoms with Gasteiger partial charge in [0.2, 0.25) is 0 Å². The number of carbonyl (C=O) groups is 1. The fourth-order valence-corrected chi connectivity index (χ4v) is 2.32. The Morgan fingerprint density at radius 2 is 1.73 bits per heavy atom. The molecule has 0 saturated carbocycles. The van der Waals surface area contributed by atoms with Crippen LogP contribution in [0.2, 0.25) is 0 Å². The molecule has 0 radical (unpaired) electrons. The third kappa shape index (κ3) is 3.61. The summed E-state index contributed by atoms with van der Waals surface area (Å²) >= 11 is 0. The topological polar surface area (TPSA) is 46.5 Å². The number of aromatic hydroxyl groups is 1. The first-order chi connectivity index (χ1) is 10.5. The zero-order valence-corrected chi connectivity index (χ0v) is 12.1. The average Bonchev–Trinajstić information content (AvgIpc) is 2.47. The predicted octanol–water partition coefficient (Wildman–Crippen LogP) is 3.76. The molecule has 116 valence electrons. The van der Waals surface area contributed by atoms with E-state index in [2.05, 4.69) is 0 Å². The SMILES string of the molecule is CCOC(=O)C[C@@H](c1ccc(O)cc1)c1c(F)cccc1F. The molecule has 2 rings (SSSR count). The number of carbonyl (C=O) groups excluding carboxylic acids is 1. The molecule has 22 heavy (non-hydrogen) atoms. The molecule has 0 aliphatic heterocycles. The zero-order chi connectivity index (χ0) is 16.1. The van der Waals surface area contributed by atoms with Crippen LogP contribution in [0.5, 0.6) is 5.75 Å². The first-order valence-electron chi connectivity index (χ1n) is 6.91. The lowest BCUT2D eigenvalue weighted by molar-refractivity contribution is -0.143. The molecule has 0 heterocycles. The fourth-order valence-electron chi connectivity index (χ4n) is 2.32. The third-order valence-electron chi connectivity index (χ3n) is 3.32. The molecular weight excluding hydrogens is 290 g/mol. The van der Waals surface area contributed by atoms with E-state index in [9.17, 15) is 18.7 Å². The number of hydrogen-bond acceptors (Lipinski definition) is 3. The molecule has 0 amide bonds. The standard InChI is InChI=1S/C17H16F2O3/c1-2-22-16(21)10-13(11-6-8-12(20)9-7-11)17-14(18)4-3-5-15(17)19/h3-9,13,20H,2,10H2,1H3/t13-/m0/s1. The van der Waals surface area contributed by atoms with E-state index < -0.39 is 23.5 Å². The Morgan fingerprint density at radius 1 is 1.14 bits per heavy atom. The van der Waals surface area contributed by atoms with E-state index >= 15 is 0 Å². The van der Waals surface area contributed by atoms with E-state index in [0.29, 0.717) is 5.56 Å². The summed E-state index contributed by atoms with van der Waals surface area (Å²) in [6.45, 7) is 1.86. The molecule has 0 aliphatic rings. The molecule has 0 fully saturated rings. The molecule has 0 spiro atoms. The molecule has 0 bridgehead atoms. The quantitative estimate of drug-likeness (QED) is 0.856. The van der Waals surface area contributed by atoms with Crippen LogP contribution in [0.3, 0.4) is 0 Å². The van der Waals surface area contributed by atoms with Gasteiger partial charge in [-0.15, -0.1) is 0 Å². The summed E-state index contributed by atoms with van der Waals surface area (Å²) in [6, 6.07) is 9.45. The van der Waals surface area contributed by atoms with Crippen molar-refractivity contribution in [1.82, 2.24) is 0 Å². The van der Waals surface area contributed by atoms with Crippen LogP contribution in [0, 0.1) is 11.6 Å². The molecule has 5 heteroatoms. The van der Waals surface area contributed by atoms with Crippen molar-refractivity contribution in [3.05, 3.63) is 65.2 Å². The summed E-state index contributed by atoms with van der Waals surface area (Å²) in [4.78, 5) is 11.8. The van der Waals surface area contributed by atoms with Gasteiger partial charge in [0, 0.05) is 11.5 Å². The minimum atomic E-state index is -0.819. The smallest absolute Gasteiger partial charge is 0.306 e. The number of ether oxygens (including phenoxy) is 1. The van der Waals surface area contributed by atoms with E-state index in [-0.39, 0.29) is 24.3 Å². The van der Waals surface area contributed by atoms with Crippen molar-refractivity contribution in [2.24, 2.45) is 0 Å². The summed E-state index contributed by atoms with van der Waals surface area (Å²) in [5.41, 5.74) is 0.344. The lowest BCUT2D eigenvalue weighted by atomic mass is 9.87. The third-order valence-corrected chi connectivity index (χ3v) is 3.32. The van der Waals surface area contributed by atoms with Crippen LogP contribution < -0.4 is 0 Å². The second kappa shape index (κ2) is 7.02. The summed E-state index contributed by atoms with van der Waals surface area (Å²) in [7, 11) is 0. The summed E-state index contributed by atoms with van der Waals surface area (Å²) < 4.78 is 33.0. The normalized spacial score (nSPS) is 12.0. The largest absolute Gasteiger partial charge is 0.508 e. The number of phenols is 1. The summed E-state index contributed by atoms with van der Waals surface area (Å²) in [5, 5.41) is 9.34. The van der Waals surface area contributed by atoms with Gasteiger partial charge in [-0.3, -0.25) is 4.79 Å². The molecule has 0 unspecified atom stereocenters. The van der Waals surface area contributed by atoms with Gasteiger partial charge in [0.05, 0.1) is 13.0 Å². The Labute approximate surface area is 127 Å². The first kappa shape index (κ1) is 15.9. The molecule has 0 aliphatic carbocycles. The van der Waals surface area contributed by atoms with Crippen molar-refractivity contribution in [1.29, 1.82) is 0 Å². The van der Waals surface area contributed by atoms with Gasteiger partial charge < -0.3 is 9.84 Å². The second-order valence-electron chi connectivity index (χ2n) is 4.79. The van der Waals surface area contributed by atoms with Gasteiger partial charge in [0.25, 0.3) is 0 Å². The summed E-state index contributed by atoms with van der Waals surface area (Å²) in [6.07, 6.45) is -0.184. The van der Waals surface area contributed by atoms with Crippen molar-refractivity contribution in [2.45, 2.75) is 19.3 Å².